The Bertz CT molecular complexity index is 1060. The Morgan fingerprint density at radius 1 is 1.00 bits per heavy atom. The fraction of sp³-hybridized carbons (Fsp3) is 0.478. The van der Waals surface area contributed by atoms with E-state index < -0.39 is 0 Å². The van der Waals surface area contributed by atoms with Crippen molar-refractivity contribution in [2.75, 3.05) is 38.8 Å². The lowest BCUT2D eigenvalue weighted by atomic mass is 10.1. The molecular formula is C23H29N5O2. The molecule has 1 unspecified atom stereocenters. The molecule has 0 N–H and O–H groups in total. The second-order valence-corrected chi connectivity index (χ2v) is 8.15. The molecule has 2 aliphatic heterocycles. The maximum absolute atomic E-state index is 5.54. The Hall–Kier alpha value is -2.80. The number of rotatable bonds is 5. The summed E-state index contributed by atoms with van der Waals surface area (Å²) >= 11 is 0. The summed E-state index contributed by atoms with van der Waals surface area (Å²) in [4.78, 5) is 14.8. The molecule has 0 amide bonds. The monoisotopic (exact) mass is 407 g/mol. The highest BCUT2D eigenvalue weighted by Crippen LogP contribution is 2.36. The first kappa shape index (κ1) is 19.2. The first-order valence-electron chi connectivity index (χ1n) is 10.7. The van der Waals surface area contributed by atoms with Crippen LogP contribution < -0.4 is 14.4 Å². The first-order valence-corrected chi connectivity index (χ1v) is 10.7. The molecule has 4 heterocycles. The standard InChI is InChI=1S/C23H29N5O2/c1-16-19-7-6-10-26(19)11-12-28(16)15-22-24-18-14-21(30-3)20(29-2)13-17(18)23(25-22)27-8-4-5-9-27/h6-7,10,13-14,16H,4-5,8-9,11-12,15H2,1-3H3. The van der Waals surface area contributed by atoms with Crippen LogP contribution in [0.15, 0.2) is 30.5 Å². The number of hydrogen-bond donors (Lipinski definition) is 0. The van der Waals surface area contributed by atoms with Crippen molar-refractivity contribution >= 4 is 16.7 Å². The Morgan fingerprint density at radius 3 is 2.53 bits per heavy atom. The van der Waals surface area contributed by atoms with Gasteiger partial charge < -0.3 is 18.9 Å². The quantitative estimate of drug-likeness (QED) is 0.644. The second-order valence-electron chi connectivity index (χ2n) is 8.15. The molecule has 1 aromatic carbocycles. The Morgan fingerprint density at radius 2 is 1.77 bits per heavy atom. The molecule has 0 spiro atoms. The third kappa shape index (κ3) is 3.27. The van der Waals surface area contributed by atoms with E-state index in [4.69, 9.17) is 19.4 Å². The Labute approximate surface area is 177 Å². The largest absolute Gasteiger partial charge is 0.493 e. The minimum atomic E-state index is 0.341. The number of fused-ring (bicyclic) bond motifs is 2. The van der Waals surface area contributed by atoms with Gasteiger partial charge >= 0.3 is 0 Å². The van der Waals surface area contributed by atoms with Gasteiger partial charge in [-0.1, -0.05) is 0 Å². The highest BCUT2D eigenvalue weighted by Gasteiger charge is 2.26. The lowest BCUT2D eigenvalue weighted by Gasteiger charge is -2.34. The van der Waals surface area contributed by atoms with Crippen molar-refractivity contribution in [3.05, 3.63) is 42.0 Å². The molecule has 0 saturated carbocycles. The fourth-order valence-electron chi connectivity index (χ4n) is 4.75. The molecular weight excluding hydrogens is 378 g/mol. The van der Waals surface area contributed by atoms with Crippen molar-refractivity contribution in [1.82, 2.24) is 19.4 Å². The zero-order valence-corrected chi connectivity index (χ0v) is 18.0. The van der Waals surface area contributed by atoms with Gasteiger partial charge in [0.15, 0.2) is 11.5 Å². The fourth-order valence-corrected chi connectivity index (χ4v) is 4.75. The summed E-state index contributed by atoms with van der Waals surface area (Å²) < 4.78 is 13.4. The molecule has 2 aromatic heterocycles. The van der Waals surface area contributed by atoms with Gasteiger partial charge in [-0.15, -0.1) is 0 Å². The van der Waals surface area contributed by atoms with Crippen LogP contribution in [0, 0.1) is 0 Å². The number of aromatic nitrogens is 3. The summed E-state index contributed by atoms with van der Waals surface area (Å²) in [6, 6.07) is 8.68. The van der Waals surface area contributed by atoms with E-state index in [9.17, 15) is 0 Å². The Kier molecular flexibility index (Phi) is 4.98. The molecule has 1 saturated heterocycles. The van der Waals surface area contributed by atoms with E-state index >= 15 is 0 Å². The summed E-state index contributed by atoms with van der Waals surface area (Å²) in [6.45, 7) is 7.07. The van der Waals surface area contributed by atoms with E-state index in [0.29, 0.717) is 17.5 Å². The number of benzene rings is 1. The predicted molar refractivity (Wildman–Crippen MR) is 117 cm³/mol. The minimum Gasteiger partial charge on any atom is -0.493 e. The van der Waals surface area contributed by atoms with Crippen molar-refractivity contribution in [3.63, 3.8) is 0 Å². The minimum absolute atomic E-state index is 0.341. The second kappa shape index (κ2) is 7.80. The average molecular weight is 408 g/mol. The number of methoxy groups -OCH3 is 2. The van der Waals surface area contributed by atoms with Crippen LogP contribution in [0.4, 0.5) is 5.82 Å². The highest BCUT2D eigenvalue weighted by atomic mass is 16.5. The van der Waals surface area contributed by atoms with Gasteiger partial charge in [-0.3, -0.25) is 4.90 Å². The molecule has 30 heavy (non-hydrogen) atoms. The molecule has 2 aliphatic rings. The maximum atomic E-state index is 5.54. The molecule has 7 heteroatoms. The van der Waals surface area contributed by atoms with Crippen LogP contribution in [0.1, 0.15) is 37.3 Å². The molecule has 0 aliphatic carbocycles. The lowest BCUT2D eigenvalue weighted by Crippen LogP contribution is -2.36. The molecule has 158 valence electrons. The highest BCUT2D eigenvalue weighted by molar-refractivity contribution is 5.92. The molecule has 7 nitrogen and oxygen atoms in total. The van der Waals surface area contributed by atoms with Gasteiger partial charge in [0.1, 0.15) is 11.6 Å². The van der Waals surface area contributed by atoms with Crippen LogP contribution >= 0.6 is 0 Å². The van der Waals surface area contributed by atoms with Gasteiger partial charge in [0.25, 0.3) is 0 Å². The van der Waals surface area contributed by atoms with Crippen molar-refractivity contribution in [2.45, 2.75) is 38.9 Å². The summed E-state index contributed by atoms with van der Waals surface area (Å²) in [5.41, 5.74) is 2.26. The third-order valence-corrected chi connectivity index (χ3v) is 6.45. The molecule has 1 fully saturated rings. The van der Waals surface area contributed by atoms with Gasteiger partial charge in [-0.05, 0) is 38.0 Å². The summed E-state index contributed by atoms with van der Waals surface area (Å²) in [5, 5.41) is 1.03. The summed E-state index contributed by atoms with van der Waals surface area (Å²) in [5.74, 6) is 3.29. The van der Waals surface area contributed by atoms with Crippen LogP contribution in [-0.4, -0.2) is 53.3 Å². The average Bonchev–Trinajstić information content (AvgIpc) is 3.46. The smallest absolute Gasteiger partial charge is 0.162 e. The zero-order valence-electron chi connectivity index (χ0n) is 18.0. The van der Waals surface area contributed by atoms with E-state index in [0.717, 1.165) is 55.3 Å². The van der Waals surface area contributed by atoms with E-state index in [1.165, 1.54) is 18.5 Å². The molecule has 0 radical (unpaired) electrons. The van der Waals surface area contributed by atoms with Crippen LogP contribution in [0.5, 0.6) is 11.5 Å². The predicted octanol–water partition coefficient (Wildman–Crippen LogP) is 3.63. The number of nitrogens with zero attached hydrogens (tertiary/aromatic N) is 5. The third-order valence-electron chi connectivity index (χ3n) is 6.45. The van der Waals surface area contributed by atoms with Crippen LogP contribution in [-0.2, 0) is 13.1 Å². The van der Waals surface area contributed by atoms with Crippen molar-refractivity contribution in [1.29, 1.82) is 0 Å². The Balaban J connectivity index is 1.55. The molecule has 5 rings (SSSR count). The van der Waals surface area contributed by atoms with Crippen molar-refractivity contribution in [3.8, 4) is 11.5 Å². The number of anilines is 1. The van der Waals surface area contributed by atoms with Gasteiger partial charge in [-0.2, -0.15) is 0 Å². The van der Waals surface area contributed by atoms with Crippen LogP contribution in [0.2, 0.25) is 0 Å². The van der Waals surface area contributed by atoms with Gasteiger partial charge in [0, 0.05) is 55.6 Å². The van der Waals surface area contributed by atoms with E-state index in [1.54, 1.807) is 14.2 Å². The van der Waals surface area contributed by atoms with E-state index in [-0.39, 0.29) is 0 Å². The topological polar surface area (TPSA) is 55.7 Å². The molecule has 0 bridgehead atoms. The first-order chi connectivity index (χ1) is 14.7. The summed E-state index contributed by atoms with van der Waals surface area (Å²) in [7, 11) is 3.33. The normalized spacial score (nSPS) is 19.3. The summed E-state index contributed by atoms with van der Waals surface area (Å²) in [6.07, 6.45) is 4.57. The van der Waals surface area contributed by atoms with Gasteiger partial charge in [0.05, 0.1) is 26.3 Å². The lowest BCUT2D eigenvalue weighted by molar-refractivity contribution is 0.157. The van der Waals surface area contributed by atoms with Crippen molar-refractivity contribution in [2.24, 2.45) is 0 Å². The van der Waals surface area contributed by atoms with Gasteiger partial charge in [0.2, 0.25) is 0 Å². The molecule has 3 aromatic rings. The molecule has 1 atom stereocenters. The van der Waals surface area contributed by atoms with E-state index in [2.05, 4.69) is 39.6 Å². The number of hydrogen-bond acceptors (Lipinski definition) is 6. The maximum Gasteiger partial charge on any atom is 0.162 e. The number of ether oxygens (including phenoxy) is 2. The SMILES string of the molecule is COc1cc2nc(CN3CCn4cccc4C3C)nc(N3CCCC3)c2cc1OC. The van der Waals surface area contributed by atoms with Gasteiger partial charge in [-0.25, -0.2) is 9.97 Å². The van der Waals surface area contributed by atoms with Crippen LogP contribution in [0.25, 0.3) is 10.9 Å². The van der Waals surface area contributed by atoms with Crippen LogP contribution in [0.3, 0.4) is 0 Å². The zero-order chi connectivity index (χ0) is 20.7. The van der Waals surface area contributed by atoms with E-state index in [1.807, 2.05) is 12.1 Å². The van der Waals surface area contributed by atoms with Crippen molar-refractivity contribution < 1.29 is 9.47 Å².